The zero-order valence-electron chi connectivity index (χ0n) is 12.1. The van der Waals surface area contributed by atoms with Crippen LogP contribution in [-0.2, 0) is 9.59 Å². The predicted octanol–water partition coefficient (Wildman–Crippen LogP) is 2.90. The molecule has 1 saturated heterocycles. The van der Waals surface area contributed by atoms with Gasteiger partial charge >= 0.3 is 0 Å². The molecule has 22 heavy (non-hydrogen) atoms. The lowest BCUT2D eigenvalue weighted by molar-refractivity contribution is -0.139. The van der Waals surface area contributed by atoms with Crippen LogP contribution in [0.2, 0.25) is 0 Å². The van der Waals surface area contributed by atoms with Crippen molar-refractivity contribution in [1.29, 1.82) is 0 Å². The summed E-state index contributed by atoms with van der Waals surface area (Å²) in [5.41, 5.74) is -0.718. The molecule has 1 saturated carbocycles. The van der Waals surface area contributed by atoms with Crippen LogP contribution in [0.1, 0.15) is 26.2 Å². The highest BCUT2D eigenvalue weighted by atomic mass is 35.5. The number of alkyl halides is 2. The van der Waals surface area contributed by atoms with E-state index in [9.17, 15) is 9.59 Å². The van der Waals surface area contributed by atoms with E-state index in [0.717, 1.165) is 12.8 Å². The zero-order valence-corrected chi connectivity index (χ0v) is 14.5. The Bertz CT molecular complexity index is 593. The number of likely N-dealkylation sites (tertiary alicyclic amines) is 1. The first-order chi connectivity index (χ1) is 10.3. The van der Waals surface area contributed by atoms with Crippen molar-refractivity contribution in [2.24, 2.45) is 11.3 Å². The summed E-state index contributed by atoms with van der Waals surface area (Å²) in [5.74, 6) is -0.357. The maximum absolute atomic E-state index is 12.6. The Morgan fingerprint density at radius 1 is 1.50 bits per heavy atom. The summed E-state index contributed by atoms with van der Waals surface area (Å²) < 4.78 is -0.972. The van der Waals surface area contributed by atoms with Gasteiger partial charge in [0, 0.05) is 24.7 Å². The number of nitrogens with zero attached hydrogens (tertiary/aromatic N) is 2. The van der Waals surface area contributed by atoms with Crippen molar-refractivity contribution in [3.05, 3.63) is 11.6 Å². The van der Waals surface area contributed by atoms with Gasteiger partial charge in [-0.05, 0) is 26.2 Å². The topological polar surface area (TPSA) is 62.3 Å². The average molecular weight is 362 g/mol. The Morgan fingerprint density at radius 2 is 2.23 bits per heavy atom. The van der Waals surface area contributed by atoms with E-state index < -0.39 is 9.75 Å². The van der Waals surface area contributed by atoms with Crippen molar-refractivity contribution >= 4 is 51.5 Å². The molecule has 2 fully saturated rings. The van der Waals surface area contributed by atoms with Gasteiger partial charge in [-0.2, -0.15) is 0 Å². The predicted molar refractivity (Wildman–Crippen MR) is 87.2 cm³/mol. The zero-order chi connectivity index (χ0) is 16.0. The lowest BCUT2D eigenvalue weighted by Crippen LogP contribution is -2.47. The highest BCUT2D eigenvalue weighted by Crippen LogP contribution is 2.64. The number of halogens is 2. The summed E-state index contributed by atoms with van der Waals surface area (Å²) in [6, 6.07) is 0. The van der Waals surface area contributed by atoms with Gasteiger partial charge in [-0.3, -0.25) is 9.59 Å². The minimum atomic E-state index is -0.972. The molecule has 8 heteroatoms. The molecule has 0 bridgehead atoms. The van der Waals surface area contributed by atoms with E-state index in [1.54, 1.807) is 23.4 Å². The van der Waals surface area contributed by atoms with Crippen LogP contribution in [0.5, 0.6) is 0 Å². The molecule has 1 aromatic heterocycles. The molecular formula is C14H17Cl2N3O2S. The van der Waals surface area contributed by atoms with Gasteiger partial charge in [0.1, 0.15) is 4.33 Å². The van der Waals surface area contributed by atoms with Crippen LogP contribution in [0.3, 0.4) is 0 Å². The van der Waals surface area contributed by atoms with E-state index in [4.69, 9.17) is 23.2 Å². The highest BCUT2D eigenvalue weighted by molar-refractivity contribution is 7.13. The summed E-state index contributed by atoms with van der Waals surface area (Å²) in [6.45, 7) is 2.85. The molecule has 5 nitrogen and oxygen atoms in total. The SMILES string of the molecule is C[C@@]1(C(=O)N2CCC[C@@H](C(=O)Nc3nccs3)C2)CC1(Cl)Cl. The number of hydrogen-bond acceptors (Lipinski definition) is 4. The fourth-order valence-electron chi connectivity index (χ4n) is 2.85. The number of hydrogen-bond donors (Lipinski definition) is 1. The summed E-state index contributed by atoms with van der Waals surface area (Å²) in [7, 11) is 0. The number of piperidine rings is 1. The Labute approximate surface area is 143 Å². The van der Waals surface area contributed by atoms with E-state index in [1.807, 2.05) is 0 Å². The molecule has 3 rings (SSSR count). The van der Waals surface area contributed by atoms with E-state index in [-0.39, 0.29) is 17.7 Å². The molecule has 0 spiro atoms. The van der Waals surface area contributed by atoms with Gasteiger partial charge in [0.15, 0.2) is 5.13 Å². The van der Waals surface area contributed by atoms with Crippen LogP contribution >= 0.6 is 34.5 Å². The molecule has 1 aromatic rings. The highest BCUT2D eigenvalue weighted by Gasteiger charge is 2.68. The van der Waals surface area contributed by atoms with Gasteiger partial charge < -0.3 is 10.2 Å². The second-order valence-corrected chi connectivity index (χ2v) is 8.51. The van der Waals surface area contributed by atoms with Gasteiger partial charge in [0.25, 0.3) is 0 Å². The Kier molecular flexibility index (Phi) is 4.12. The first kappa shape index (κ1) is 16.0. The number of nitrogens with one attached hydrogen (secondary N) is 1. The van der Waals surface area contributed by atoms with Crippen LogP contribution in [0.15, 0.2) is 11.6 Å². The molecular weight excluding hydrogens is 345 g/mol. The second-order valence-electron chi connectivity index (χ2n) is 6.13. The standard InChI is InChI=1S/C14H17Cl2N3O2S/c1-13(8-14(13,15)16)11(21)19-5-2-3-9(7-19)10(20)18-12-17-4-6-22-12/h4,6,9H,2-3,5,7-8H2,1H3,(H,17,18,20)/t9-,13+/m1/s1. The van der Waals surface area contributed by atoms with Crippen LogP contribution in [0.4, 0.5) is 5.13 Å². The molecule has 2 atom stereocenters. The molecule has 1 N–H and O–H groups in total. The van der Waals surface area contributed by atoms with Crippen molar-refractivity contribution in [3.8, 4) is 0 Å². The molecule has 2 amide bonds. The molecule has 0 unspecified atom stereocenters. The van der Waals surface area contributed by atoms with Gasteiger partial charge in [-0.15, -0.1) is 34.5 Å². The van der Waals surface area contributed by atoms with Crippen molar-refractivity contribution in [2.45, 2.75) is 30.5 Å². The maximum atomic E-state index is 12.6. The lowest BCUT2D eigenvalue weighted by Gasteiger charge is -2.34. The molecule has 2 heterocycles. The molecule has 120 valence electrons. The second kappa shape index (κ2) is 5.65. The summed E-state index contributed by atoms with van der Waals surface area (Å²) in [4.78, 5) is 30.7. The van der Waals surface area contributed by atoms with Gasteiger partial charge in [0.2, 0.25) is 11.8 Å². The summed E-state index contributed by atoms with van der Waals surface area (Å²) in [5, 5.41) is 5.19. The van der Waals surface area contributed by atoms with Crippen molar-refractivity contribution < 1.29 is 9.59 Å². The summed E-state index contributed by atoms with van der Waals surface area (Å²) in [6.07, 6.45) is 3.68. The van der Waals surface area contributed by atoms with Crippen LogP contribution < -0.4 is 5.32 Å². The van der Waals surface area contributed by atoms with Crippen LogP contribution in [0.25, 0.3) is 0 Å². The quantitative estimate of drug-likeness (QED) is 0.841. The minimum absolute atomic E-state index is 0.0516. The largest absolute Gasteiger partial charge is 0.341 e. The molecule has 0 aromatic carbocycles. The third-order valence-electron chi connectivity index (χ3n) is 4.47. The first-order valence-corrected chi connectivity index (χ1v) is 8.85. The van der Waals surface area contributed by atoms with Gasteiger partial charge in [-0.1, -0.05) is 0 Å². The normalized spacial score (nSPS) is 30.0. The minimum Gasteiger partial charge on any atom is -0.341 e. The molecule has 1 aliphatic carbocycles. The van der Waals surface area contributed by atoms with E-state index in [2.05, 4.69) is 10.3 Å². The van der Waals surface area contributed by atoms with Crippen molar-refractivity contribution in [2.75, 3.05) is 18.4 Å². The Morgan fingerprint density at radius 3 is 2.82 bits per heavy atom. The van der Waals surface area contributed by atoms with Crippen LogP contribution in [0, 0.1) is 11.3 Å². The molecule has 0 radical (unpaired) electrons. The maximum Gasteiger partial charge on any atom is 0.231 e. The number of amides is 2. The average Bonchev–Trinajstić information content (AvgIpc) is 2.84. The van der Waals surface area contributed by atoms with Gasteiger partial charge in [-0.25, -0.2) is 4.98 Å². The Hall–Kier alpha value is -0.850. The first-order valence-electron chi connectivity index (χ1n) is 7.21. The molecule has 1 aliphatic heterocycles. The number of anilines is 1. The Balaban J connectivity index is 1.62. The third-order valence-corrected chi connectivity index (χ3v) is 6.26. The number of rotatable bonds is 3. The number of thiazole rings is 1. The number of aromatic nitrogens is 1. The summed E-state index contributed by atoms with van der Waals surface area (Å²) >= 11 is 13.6. The fourth-order valence-corrected chi connectivity index (χ4v) is 4.08. The van der Waals surface area contributed by atoms with E-state index >= 15 is 0 Å². The molecule has 2 aliphatic rings. The van der Waals surface area contributed by atoms with Crippen molar-refractivity contribution in [3.63, 3.8) is 0 Å². The van der Waals surface area contributed by atoms with Gasteiger partial charge in [0.05, 0.1) is 11.3 Å². The lowest BCUT2D eigenvalue weighted by atomic mass is 9.95. The van der Waals surface area contributed by atoms with E-state index in [1.165, 1.54) is 11.3 Å². The van der Waals surface area contributed by atoms with Crippen LogP contribution in [-0.4, -0.2) is 39.1 Å². The van der Waals surface area contributed by atoms with E-state index in [0.29, 0.717) is 24.6 Å². The number of carbonyl (C=O) groups is 2. The fraction of sp³-hybridized carbons (Fsp3) is 0.643. The van der Waals surface area contributed by atoms with Crippen molar-refractivity contribution in [1.82, 2.24) is 9.88 Å². The number of carbonyl (C=O) groups excluding carboxylic acids is 2. The third kappa shape index (κ3) is 2.84. The monoisotopic (exact) mass is 361 g/mol. The smallest absolute Gasteiger partial charge is 0.231 e.